The zero-order valence-electron chi connectivity index (χ0n) is 18.1. The van der Waals surface area contributed by atoms with E-state index < -0.39 is 11.6 Å². The van der Waals surface area contributed by atoms with Crippen LogP contribution in [0, 0.1) is 11.6 Å². The normalized spacial score (nSPS) is 16.4. The van der Waals surface area contributed by atoms with E-state index in [0.29, 0.717) is 25.6 Å². The third kappa shape index (κ3) is 5.43. The molecule has 1 atom stereocenters. The largest absolute Gasteiger partial charge is 0.365 e. The number of anilines is 1. The van der Waals surface area contributed by atoms with Gasteiger partial charge in [0.2, 0.25) is 0 Å². The molecule has 2 heterocycles. The van der Waals surface area contributed by atoms with E-state index in [9.17, 15) is 8.78 Å². The standard InChI is InChI=1S/C24H28F2N6/c1-2-28-24(29-14-18-6-8-19(9-7-18)15-31-13-11-27-17-31)30-20-10-12-32(16-20)23-21(25)4-3-5-22(23)26/h3-9,11,13,17,20H,2,10,12,14-16H2,1H3,(H2,28,29,30). The van der Waals surface area contributed by atoms with Crippen LogP contribution in [-0.4, -0.2) is 41.2 Å². The van der Waals surface area contributed by atoms with Gasteiger partial charge >= 0.3 is 0 Å². The number of imidazole rings is 1. The molecule has 0 aliphatic carbocycles. The Balaban J connectivity index is 1.35. The molecular formula is C24H28F2N6. The van der Waals surface area contributed by atoms with Crippen LogP contribution in [-0.2, 0) is 13.1 Å². The number of benzene rings is 2. The molecule has 1 unspecified atom stereocenters. The first kappa shape index (κ1) is 21.8. The quantitative estimate of drug-likeness (QED) is 0.438. The zero-order valence-corrected chi connectivity index (χ0v) is 18.1. The lowest BCUT2D eigenvalue weighted by molar-refractivity contribution is 0.576. The highest BCUT2D eigenvalue weighted by Crippen LogP contribution is 2.26. The number of aromatic nitrogens is 2. The Kier molecular flexibility index (Phi) is 6.99. The molecule has 1 fully saturated rings. The smallest absolute Gasteiger partial charge is 0.191 e. The van der Waals surface area contributed by atoms with Crippen molar-refractivity contribution in [2.75, 3.05) is 24.5 Å². The molecule has 1 aliphatic heterocycles. The second-order valence-electron chi connectivity index (χ2n) is 7.89. The highest BCUT2D eigenvalue weighted by molar-refractivity contribution is 5.80. The van der Waals surface area contributed by atoms with Crippen LogP contribution in [0.3, 0.4) is 0 Å². The zero-order chi connectivity index (χ0) is 22.3. The van der Waals surface area contributed by atoms with Crippen molar-refractivity contribution in [2.24, 2.45) is 4.99 Å². The van der Waals surface area contributed by atoms with Gasteiger partial charge in [-0.05, 0) is 36.6 Å². The lowest BCUT2D eigenvalue weighted by Crippen LogP contribution is -2.44. The van der Waals surface area contributed by atoms with Crippen molar-refractivity contribution < 1.29 is 8.78 Å². The second-order valence-corrected chi connectivity index (χ2v) is 7.89. The van der Waals surface area contributed by atoms with Crippen molar-refractivity contribution in [2.45, 2.75) is 32.5 Å². The van der Waals surface area contributed by atoms with Crippen molar-refractivity contribution in [3.63, 3.8) is 0 Å². The van der Waals surface area contributed by atoms with Crippen LogP contribution < -0.4 is 15.5 Å². The summed E-state index contributed by atoms with van der Waals surface area (Å²) in [4.78, 5) is 10.5. The van der Waals surface area contributed by atoms with Crippen LogP contribution in [0.4, 0.5) is 14.5 Å². The molecule has 1 saturated heterocycles. The number of guanidine groups is 1. The van der Waals surface area contributed by atoms with Crippen LogP contribution in [0.5, 0.6) is 0 Å². The Bertz CT molecular complexity index is 1010. The molecule has 8 heteroatoms. The van der Waals surface area contributed by atoms with Gasteiger partial charge in [-0.25, -0.2) is 18.8 Å². The fourth-order valence-electron chi connectivity index (χ4n) is 3.90. The second kappa shape index (κ2) is 10.3. The summed E-state index contributed by atoms with van der Waals surface area (Å²) < 4.78 is 30.3. The van der Waals surface area contributed by atoms with E-state index in [-0.39, 0.29) is 11.7 Å². The third-order valence-corrected chi connectivity index (χ3v) is 5.49. The van der Waals surface area contributed by atoms with Gasteiger partial charge in [0.1, 0.15) is 17.3 Å². The average molecular weight is 439 g/mol. The number of halogens is 2. The lowest BCUT2D eigenvalue weighted by Gasteiger charge is -2.21. The number of nitrogens with one attached hydrogen (secondary N) is 2. The van der Waals surface area contributed by atoms with Gasteiger partial charge in [-0.3, -0.25) is 0 Å². The van der Waals surface area contributed by atoms with Gasteiger partial charge in [0.05, 0.1) is 12.9 Å². The number of rotatable bonds is 7. The molecule has 2 N–H and O–H groups in total. The molecule has 0 radical (unpaired) electrons. The summed E-state index contributed by atoms with van der Waals surface area (Å²) in [5.74, 6) is -0.346. The first-order valence-electron chi connectivity index (χ1n) is 10.9. The van der Waals surface area contributed by atoms with Crippen molar-refractivity contribution in [3.8, 4) is 0 Å². The number of aliphatic imine (C=N–C) groups is 1. The highest BCUT2D eigenvalue weighted by atomic mass is 19.1. The maximum absolute atomic E-state index is 14.1. The Labute approximate surface area is 187 Å². The molecule has 4 rings (SSSR count). The monoisotopic (exact) mass is 438 g/mol. The first-order chi connectivity index (χ1) is 15.6. The van der Waals surface area contributed by atoms with Gasteiger partial charge < -0.3 is 20.1 Å². The molecule has 0 amide bonds. The van der Waals surface area contributed by atoms with Gasteiger partial charge in [-0.2, -0.15) is 0 Å². The third-order valence-electron chi connectivity index (χ3n) is 5.49. The first-order valence-corrected chi connectivity index (χ1v) is 10.9. The van der Waals surface area contributed by atoms with E-state index in [2.05, 4.69) is 39.9 Å². The predicted octanol–water partition coefficient (Wildman–Crippen LogP) is 3.54. The highest BCUT2D eigenvalue weighted by Gasteiger charge is 2.27. The Morgan fingerprint density at radius 1 is 1.12 bits per heavy atom. The summed E-state index contributed by atoms with van der Waals surface area (Å²) in [7, 11) is 0. The molecule has 32 heavy (non-hydrogen) atoms. The molecule has 1 aliphatic rings. The fourth-order valence-corrected chi connectivity index (χ4v) is 3.90. The van der Waals surface area contributed by atoms with Crippen LogP contribution in [0.25, 0.3) is 0 Å². The summed E-state index contributed by atoms with van der Waals surface area (Å²) in [5.41, 5.74) is 2.36. The number of hydrogen-bond acceptors (Lipinski definition) is 3. The van der Waals surface area contributed by atoms with E-state index in [1.165, 1.54) is 23.8 Å². The van der Waals surface area contributed by atoms with Crippen LogP contribution in [0.1, 0.15) is 24.5 Å². The Hall–Kier alpha value is -3.42. The van der Waals surface area contributed by atoms with E-state index in [0.717, 1.165) is 25.1 Å². The molecular weight excluding hydrogens is 410 g/mol. The van der Waals surface area contributed by atoms with Gasteiger partial charge in [0.25, 0.3) is 0 Å². The predicted molar refractivity (Wildman–Crippen MR) is 123 cm³/mol. The summed E-state index contributed by atoms with van der Waals surface area (Å²) in [6.07, 6.45) is 6.30. The molecule has 6 nitrogen and oxygen atoms in total. The van der Waals surface area contributed by atoms with E-state index in [1.807, 2.05) is 17.7 Å². The molecule has 1 aromatic heterocycles. The summed E-state index contributed by atoms with van der Waals surface area (Å²) in [6, 6.07) is 12.4. The van der Waals surface area contributed by atoms with Crippen LogP contribution >= 0.6 is 0 Å². The van der Waals surface area contributed by atoms with Crippen molar-refractivity contribution in [1.82, 2.24) is 20.2 Å². The van der Waals surface area contributed by atoms with Crippen molar-refractivity contribution >= 4 is 11.6 Å². The summed E-state index contributed by atoms with van der Waals surface area (Å²) in [5, 5.41) is 6.67. The van der Waals surface area contributed by atoms with Gasteiger partial charge in [-0.15, -0.1) is 0 Å². The molecule has 3 aromatic rings. The van der Waals surface area contributed by atoms with Crippen molar-refractivity contribution in [3.05, 3.63) is 83.9 Å². The minimum absolute atomic E-state index is 0.0505. The van der Waals surface area contributed by atoms with Gasteiger partial charge in [0.15, 0.2) is 5.96 Å². The molecule has 0 spiro atoms. The Morgan fingerprint density at radius 3 is 2.56 bits per heavy atom. The number of hydrogen-bond donors (Lipinski definition) is 2. The SMILES string of the molecule is CCNC(=NCc1ccc(Cn2ccnc2)cc1)NC1CCN(c2c(F)cccc2F)C1. The van der Waals surface area contributed by atoms with Crippen molar-refractivity contribution in [1.29, 1.82) is 0 Å². The topological polar surface area (TPSA) is 57.5 Å². The fraction of sp³-hybridized carbons (Fsp3) is 0.333. The van der Waals surface area contributed by atoms with E-state index in [4.69, 9.17) is 4.99 Å². The molecule has 0 bridgehead atoms. The lowest BCUT2D eigenvalue weighted by atomic mass is 10.1. The number of para-hydroxylation sites is 1. The van der Waals surface area contributed by atoms with Crippen LogP contribution in [0.2, 0.25) is 0 Å². The number of nitrogens with zero attached hydrogens (tertiary/aromatic N) is 4. The minimum atomic E-state index is -0.525. The summed E-state index contributed by atoms with van der Waals surface area (Å²) >= 11 is 0. The molecule has 0 saturated carbocycles. The van der Waals surface area contributed by atoms with Gasteiger partial charge in [0, 0.05) is 44.6 Å². The van der Waals surface area contributed by atoms with Gasteiger partial charge in [-0.1, -0.05) is 30.3 Å². The minimum Gasteiger partial charge on any atom is -0.365 e. The average Bonchev–Trinajstić information content (AvgIpc) is 3.46. The maximum atomic E-state index is 14.1. The van der Waals surface area contributed by atoms with E-state index in [1.54, 1.807) is 17.4 Å². The maximum Gasteiger partial charge on any atom is 0.191 e. The molecule has 2 aromatic carbocycles. The van der Waals surface area contributed by atoms with E-state index >= 15 is 0 Å². The summed E-state index contributed by atoms with van der Waals surface area (Å²) in [6.45, 7) is 5.18. The molecule has 168 valence electrons. The Morgan fingerprint density at radius 2 is 1.88 bits per heavy atom. The van der Waals surface area contributed by atoms with Crippen LogP contribution in [0.15, 0.2) is 66.2 Å².